The molecule has 2 N–H and O–H groups in total. The molecule has 34 heavy (non-hydrogen) atoms. The van der Waals surface area contributed by atoms with Crippen LogP contribution in [0.15, 0.2) is 48.5 Å². The topological polar surface area (TPSA) is 49.3 Å². The molecule has 0 spiro atoms. The summed E-state index contributed by atoms with van der Waals surface area (Å²) in [7, 11) is 0. The normalized spacial score (nSPS) is 22.3. The Bertz CT molecular complexity index is 947. The lowest BCUT2D eigenvalue weighted by molar-refractivity contribution is -0.143. The Morgan fingerprint density at radius 1 is 1.00 bits per heavy atom. The van der Waals surface area contributed by atoms with Gasteiger partial charge in [-0.05, 0) is 74.3 Å². The Labute approximate surface area is 194 Å². The molecule has 3 rings (SSSR count). The van der Waals surface area contributed by atoms with Crippen molar-refractivity contribution in [2.45, 2.75) is 62.8 Å². The smallest absolute Gasteiger partial charge is 0.396 e. The van der Waals surface area contributed by atoms with Crippen LogP contribution in [-0.2, 0) is 22.7 Å². The summed E-state index contributed by atoms with van der Waals surface area (Å²) in [6.45, 7) is 1.37. The Kier molecular flexibility index (Phi) is 7.65. The fourth-order valence-corrected chi connectivity index (χ4v) is 4.61. The van der Waals surface area contributed by atoms with Crippen molar-refractivity contribution in [1.29, 1.82) is 0 Å². The molecule has 1 saturated carbocycles. The average Bonchev–Trinajstić information content (AvgIpc) is 2.79. The summed E-state index contributed by atoms with van der Waals surface area (Å²) in [6, 6.07) is 10.4. The summed E-state index contributed by atoms with van der Waals surface area (Å²) in [5, 5.41) is 12.2. The van der Waals surface area contributed by atoms with Gasteiger partial charge in [0.05, 0.1) is 22.6 Å². The number of alkyl halides is 6. The molecular formula is C25H27F6NO2. The monoisotopic (exact) mass is 487 g/mol. The second kappa shape index (κ2) is 9.98. The maximum Gasteiger partial charge on any atom is 0.416 e. The summed E-state index contributed by atoms with van der Waals surface area (Å²) >= 11 is 0. The summed E-state index contributed by atoms with van der Waals surface area (Å²) in [5.74, 6) is -1.59. The van der Waals surface area contributed by atoms with Crippen LogP contribution in [0.2, 0.25) is 0 Å². The maximum absolute atomic E-state index is 13.3. The van der Waals surface area contributed by atoms with Crippen molar-refractivity contribution in [3.05, 3.63) is 70.8 Å². The van der Waals surface area contributed by atoms with E-state index < -0.39 is 40.8 Å². The Morgan fingerprint density at radius 2 is 1.53 bits per heavy atom. The number of carbonyl (C=O) groups is 1. The zero-order chi connectivity index (χ0) is 25.1. The number of hydrogen-bond donors (Lipinski definition) is 2. The maximum atomic E-state index is 13.3. The van der Waals surface area contributed by atoms with Crippen LogP contribution in [0.4, 0.5) is 26.3 Å². The highest BCUT2D eigenvalue weighted by molar-refractivity contribution is 5.84. The van der Waals surface area contributed by atoms with E-state index in [9.17, 15) is 36.2 Å². The zero-order valence-electron chi connectivity index (χ0n) is 18.6. The largest absolute Gasteiger partial charge is 0.416 e. The molecule has 0 heterocycles. The minimum Gasteiger partial charge on any atom is -0.396 e. The molecule has 0 radical (unpaired) electrons. The van der Waals surface area contributed by atoms with Crippen molar-refractivity contribution < 1.29 is 36.2 Å². The quantitative estimate of drug-likeness (QED) is 0.463. The van der Waals surface area contributed by atoms with Crippen LogP contribution >= 0.6 is 0 Å². The van der Waals surface area contributed by atoms with Gasteiger partial charge in [0.25, 0.3) is 0 Å². The van der Waals surface area contributed by atoms with Crippen molar-refractivity contribution in [3.8, 4) is 0 Å². The summed E-state index contributed by atoms with van der Waals surface area (Å²) in [5.41, 5.74) is -3.19. The highest BCUT2D eigenvalue weighted by Gasteiger charge is 2.40. The SMILES string of the molecule is CC(C(=O)NC1(c2ccccc2)CCC(CCO)CC1)c1cc(C(F)(F)F)cc(C(F)(F)F)c1. The summed E-state index contributed by atoms with van der Waals surface area (Å²) in [6.07, 6.45) is -6.77. The highest BCUT2D eigenvalue weighted by Crippen LogP contribution is 2.42. The molecule has 1 aliphatic rings. The Morgan fingerprint density at radius 3 is 2.00 bits per heavy atom. The molecular weight excluding hydrogens is 460 g/mol. The van der Waals surface area contributed by atoms with E-state index in [-0.39, 0.29) is 24.2 Å². The Hall–Kier alpha value is -2.55. The van der Waals surface area contributed by atoms with Gasteiger partial charge in [0.2, 0.25) is 5.91 Å². The van der Waals surface area contributed by atoms with Gasteiger partial charge in [-0.15, -0.1) is 0 Å². The highest BCUT2D eigenvalue weighted by atomic mass is 19.4. The first-order valence-corrected chi connectivity index (χ1v) is 11.1. The molecule has 2 aromatic rings. The van der Waals surface area contributed by atoms with Gasteiger partial charge < -0.3 is 10.4 Å². The molecule has 1 aliphatic carbocycles. The van der Waals surface area contributed by atoms with Crippen LogP contribution in [0, 0.1) is 5.92 Å². The second-order valence-electron chi connectivity index (χ2n) is 8.95. The van der Waals surface area contributed by atoms with Crippen LogP contribution in [0.1, 0.15) is 67.2 Å². The summed E-state index contributed by atoms with van der Waals surface area (Å²) < 4.78 is 79.6. The second-order valence-corrected chi connectivity index (χ2v) is 8.95. The van der Waals surface area contributed by atoms with Crippen molar-refractivity contribution >= 4 is 5.91 Å². The van der Waals surface area contributed by atoms with Gasteiger partial charge in [0, 0.05) is 6.61 Å². The minimum atomic E-state index is -4.98. The van der Waals surface area contributed by atoms with Gasteiger partial charge in [-0.1, -0.05) is 30.3 Å². The fraction of sp³-hybridized carbons (Fsp3) is 0.480. The van der Waals surface area contributed by atoms with Gasteiger partial charge in [0.1, 0.15) is 0 Å². The lowest BCUT2D eigenvalue weighted by Gasteiger charge is -2.42. The van der Waals surface area contributed by atoms with Crippen LogP contribution in [0.5, 0.6) is 0 Å². The molecule has 1 unspecified atom stereocenters. The van der Waals surface area contributed by atoms with E-state index in [0.29, 0.717) is 31.4 Å². The van der Waals surface area contributed by atoms with E-state index in [1.807, 2.05) is 30.3 Å². The lowest BCUT2D eigenvalue weighted by atomic mass is 9.71. The third kappa shape index (κ3) is 5.92. The zero-order valence-corrected chi connectivity index (χ0v) is 18.6. The van der Waals surface area contributed by atoms with Crippen LogP contribution in [-0.4, -0.2) is 17.6 Å². The van der Waals surface area contributed by atoms with Crippen molar-refractivity contribution in [2.24, 2.45) is 5.92 Å². The van der Waals surface area contributed by atoms with Gasteiger partial charge in [-0.2, -0.15) is 26.3 Å². The van der Waals surface area contributed by atoms with Gasteiger partial charge >= 0.3 is 12.4 Å². The van der Waals surface area contributed by atoms with Crippen LogP contribution < -0.4 is 5.32 Å². The number of carbonyl (C=O) groups excluding carboxylic acids is 1. The molecule has 3 nitrogen and oxygen atoms in total. The molecule has 0 bridgehead atoms. The van der Waals surface area contributed by atoms with E-state index in [4.69, 9.17) is 0 Å². The number of hydrogen-bond acceptors (Lipinski definition) is 2. The van der Waals surface area contributed by atoms with Crippen LogP contribution in [0.25, 0.3) is 0 Å². The number of aliphatic hydroxyl groups excluding tert-OH is 1. The predicted octanol–water partition coefficient (Wildman–Crippen LogP) is 6.41. The summed E-state index contributed by atoms with van der Waals surface area (Å²) in [4.78, 5) is 13.2. The van der Waals surface area contributed by atoms with E-state index >= 15 is 0 Å². The minimum absolute atomic E-state index is 0.0576. The first-order chi connectivity index (χ1) is 15.9. The molecule has 0 aromatic heterocycles. The van der Waals surface area contributed by atoms with Crippen molar-refractivity contribution in [1.82, 2.24) is 5.32 Å². The van der Waals surface area contributed by atoms with Crippen LogP contribution in [0.3, 0.4) is 0 Å². The van der Waals surface area contributed by atoms with Gasteiger partial charge in [-0.25, -0.2) is 0 Å². The molecule has 9 heteroatoms. The van der Waals surface area contributed by atoms with Gasteiger partial charge in [-0.3, -0.25) is 4.79 Å². The van der Waals surface area contributed by atoms with E-state index in [2.05, 4.69) is 5.32 Å². The molecule has 0 aliphatic heterocycles. The molecule has 1 fully saturated rings. The lowest BCUT2D eigenvalue weighted by Crippen LogP contribution is -2.49. The average molecular weight is 487 g/mol. The molecule has 2 aromatic carbocycles. The third-order valence-corrected chi connectivity index (χ3v) is 6.69. The molecule has 1 amide bonds. The number of halogens is 6. The molecule has 0 saturated heterocycles. The van der Waals surface area contributed by atoms with E-state index in [1.165, 1.54) is 6.92 Å². The number of rotatable bonds is 6. The first kappa shape index (κ1) is 26.1. The molecule has 186 valence electrons. The number of aliphatic hydroxyl groups is 1. The Balaban J connectivity index is 1.92. The number of benzene rings is 2. The number of amides is 1. The standard InChI is InChI=1S/C25H27F6NO2/c1-16(18-13-20(24(26,27)28)15-21(14-18)25(29,30)31)22(34)32-23(19-5-3-2-4-6-19)10-7-17(8-11-23)9-12-33/h2-6,13-17,33H,7-12H2,1H3,(H,32,34). The fourth-order valence-electron chi connectivity index (χ4n) is 4.61. The van der Waals surface area contributed by atoms with Crippen molar-refractivity contribution in [3.63, 3.8) is 0 Å². The number of nitrogens with one attached hydrogen (secondary N) is 1. The predicted molar refractivity (Wildman–Crippen MR) is 115 cm³/mol. The third-order valence-electron chi connectivity index (χ3n) is 6.69. The molecule has 1 atom stereocenters. The van der Waals surface area contributed by atoms with E-state index in [1.54, 1.807) is 0 Å². The van der Waals surface area contributed by atoms with Gasteiger partial charge in [0.15, 0.2) is 0 Å². The first-order valence-electron chi connectivity index (χ1n) is 11.1. The van der Waals surface area contributed by atoms with E-state index in [0.717, 1.165) is 18.4 Å². The van der Waals surface area contributed by atoms with Crippen molar-refractivity contribution in [2.75, 3.05) is 6.61 Å².